The minimum Gasteiger partial charge on any atom is -0.463 e. The van der Waals surface area contributed by atoms with E-state index in [0.717, 1.165) is 30.8 Å². The van der Waals surface area contributed by atoms with Crippen molar-refractivity contribution < 1.29 is 4.74 Å². The van der Waals surface area contributed by atoms with Crippen LogP contribution in [0.1, 0.15) is 38.4 Å². The van der Waals surface area contributed by atoms with Gasteiger partial charge in [0.1, 0.15) is 0 Å². The quantitative estimate of drug-likeness (QED) is 0.790. The van der Waals surface area contributed by atoms with Gasteiger partial charge < -0.3 is 10.1 Å². The number of rotatable bonds is 7. The van der Waals surface area contributed by atoms with Crippen molar-refractivity contribution in [2.24, 2.45) is 5.92 Å². The smallest absolute Gasteiger partial charge is 0.316 e. The lowest BCUT2D eigenvalue weighted by Gasteiger charge is -2.10. The number of nitrogens with one attached hydrogen (secondary N) is 1. The van der Waals surface area contributed by atoms with Gasteiger partial charge in [0.15, 0.2) is 0 Å². The van der Waals surface area contributed by atoms with Crippen LogP contribution < -0.4 is 10.1 Å². The second-order valence-electron chi connectivity index (χ2n) is 4.64. The fraction of sp³-hybridized carbons (Fsp3) is 0.692. The van der Waals surface area contributed by atoms with E-state index in [0.29, 0.717) is 18.5 Å². The van der Waals surface area contributed by atoms with E-state index in [1.54, 1.807) is 0 Å². The molecule has 0 saturated heterocycles. The Morgan fingerprint density at radius 3 is 2.76 bits per heavy atom. The Balaban J connectivity index is 2.50. The molecule has 0 aliphatic carbocycles. The molecule has 4 heteroatoms. The molecule has 0 radical (unpaired) electrons. The fourth-order valence-corrected chi connectivity index (χ4v) is 1.40. The van der Waals surface area contributed by atoms with Gasteiger partial charge in [0.05, 0.1) is 6.61 Å². The third-order valence-electron chi connectivity index (χ3n) is 2.36. The number of hydrogen-bond donors (Lipinski definition) is 1. The molecule has 0 unspecified atom stereocenters. The van der Waals surface area contributed by atoms with Crippen LogP contribution in [0.15, 0.2) is 6.20 Å². The van der Waals surface area contributed by atoms with E-state index in [1.165, 1.54) is 0 Å². The minimum absolute atomic E-state index is 0.483. The summed E-state index contributed by atoms with van der Waals surface area (Å²) >= 11 is 0. The Hall–Kier alpha value is -1.16. The van der Waals surface area contributed by atoms with Crippen molar-refractivity contribution in [3.63, 3.8) is 0 Å². The maximum absolute atomic E-state index is 5.39. The molecule has 0 atom stereocenters. The summed E-state index contributed by atoms with van der Waals surface area (Å²) in [6.45, 7) is 10.9. The zero-order chi connectivity index (χ0) is 12.7. The highest BCUT2D eigenvalue weighted by Gasteiger charge is 2.04. The molecule has 1 aromatic rings. The van der Waals surface area contributed by atoms with Gasteiger partial charge in [-0.05, 0) is 25.8 Å². The number of ether oxygens (including phenoxy) is 1. The lowest BCUT2D eigenvalue weighted by Crippen LogP contribution is -2.20. The highest BCUT2D eigenvalue weighted by molar-refractivity contribution is 5.17. The molecule has 1 heterocycles. The summed E-state index contributed by atoms with van der Waals surface area (Å²) in [5, 5.41) is 3.38. The first-order valence-corrected chi connectivity index (χ1v) is 6.29. The van der Waals surface area contributed by atoms with Crippen LogP contribution in [0.5, 0.6) is 6.01 Å². The number of nitrogens with zero attached hydrogens (tertiary/aromatic N) is 2. The number of aryl methyl sites for hydroxylation is 1. The standard InChI is InChI=1S/C13H23N3O/c1-5-6-17-13-15-9-12(11(4)16-13)8-14-7-10(2)3/h9-10,14H,5-8H2,1-4H3. The third-order valence-corrected chi connectivity index (χ3v) is 2.36. The van der Waals surface area contributed by atoms with Gasteiger partial charge in [0, 0.05) is 24.0 Å². The largest absolute Gasteiger partial charge is 0.463 e. The van der Waals surface area contributed by atoms with E-state index >= 15 is 0 Å². The molecule has 4 nitrogen and oxygen atoms in total. The first kappa shape index (κ1) is 13.9. The van der Waals surface area contributed by atoms with E-state index in [9.17, 15) is 0 Å². The molecular formula is C13H23N3O. The Bertz CT molecular complexity index is 339. The minimum atomic E-state index is 0.483. The number of aromatic nitrogens is 2. The lowest BCUT2D eigenvalue weighted by molar-refractivity contribution is 0.291. The Labute approximate surface area is 104 Å². The molecule has 0 fully saturated rings. The summed E-state index contributed by atoms with van der Waals surface area (Å²) in [7, 11) is 0. The monoisotopic (exact) mass is 237 g/mol. The van der Waals surface area contributed by atoms with Gasteiger partial charge >= 0.3 is 6.01 Å². The second-order valence-corrected chi connectivity index (χ2v) is 4.64. The van der Waals surface area contributed by atoms with E-state index in [4.69, 9.17) is 4.74 Å². The first-order chi connectivity index (χ1) is 8.13. The fourth-order valence-electron chi connectivity index (χ4n) is 1.40. The molecule has 0 aliphatic heterocycles. The van der Waals surface area contributed by atoms with E-state index in [1.807, 2.05) is 13.1 Å². The van der Waals surface area contributed by atoms with Crippen molar-refractivity contribution in [2.45, 2.75) is 40.7 Å². The van der Waals surface area contributed by atoms with Crippen LogP contribution in [0.2, 0.25) is 0 Å². The maximum atomic E-state index is 5.39. The molecule has 0 aromatic carbocycles. The maximum Gasteiger partial charge on any atom is 0.316 e. The van der Waals surface area contributed by atoms with E-state index < -0.39 is 0 Å². The van der Waals surface area contributed by atoms with Crippen molar-refractivity contribution in [1.29, 1.82) is 0 Å². The van der Waals surface area contributed by atoms with Crippen LogP contribution in [-0.4, -0.2) is 23.1 Å². The third kappa shape index (κ3) is 5.13. The van der Waals surface area contributed by atoms with Gasteiger partial charge in [0.2, 0.25) is 0 Å². The topological polar surface area (TPSA) is 47.0 Å². The highest BCUT2D eigenvalue weighted by Crippen LogP contribution is 2.08. The van der Waals surface area contributed by atoms with Crippen LogP contribution in [0, 0.1) is 12.8 Å². The molecule has 1 N–H and O–H groups in total. The van der Waals surface area contributed by atoms with Gasteiger partial charge in [-0.2, -0.15) is 0 Å². The summed E-state index contributed by atoms with van der Waals surface area (Å²) in [6.07, 6.45) is 2.82. The summed E-state index contributed by atoms with van der Waals surface area (Å²) in [6, 6.07) is 0.483. The molecule has 1 rings (SSSR count). The van der Waals surface area contributed by atoms with Crippen LogP contribution in [-0.2, 0) is 6.54 Å². The average molecular weight is 237 g/mol. The summed E-state index contributed by atoms with van der Waals surface area (Å²) < 4.78 is 5.39. The lowest BCUT2D eigenvalue weighted by atomic mass is 10.2. The van der Waals surface area contributed by atoms with Crippen molar-refractivity contribution in [1.82, 2.24) is 15.3 Å². The predicted molar refractivity (Wildman–Crippen MR) is 69.1 cm³/mol. The molecular weight excluding hydrogens is 214 g/mol. The highest BCUT2D eigenvalue weighted by atomic mass is 16.5. The number of hydrogen-bond acceptors (Lipinski definition) is 4. The molecule has 0 spiro atoms. The van der Waals surface area contributed by atoms with Gasteiger partial charge in [-0.3, -0.25) is 0 Å². The van der Waals surface area contributed by atoms with Crippen molar-refractivity contribution in [3.8, 4) is 6.01 Å². The predicted octanol–water partition coefficient (Wildman–Crippen LogP) is 2.32. The van der Waals surface area contributed by atoms with Gasteiger partial charge in [-0.1, -0.05) is 20.8 Å². The normalized spacial score (nSPS) is 10.9. The zero-order valence-electron chi connectivity index (χ0n) is 11.3. The van der Waals surface area contributed by atoms with E-state index in [-0.39, 0.29) is 0 Å². The molecule has 0 amide bonds. The molecule has 1 aromatic heterocycles. The first-order valence-electron chi connectivity index (χ1n) is 6.29. The average Bonchev–Trinajstić information content (AvgIpc) is 2.28. The van der Waals surface area contributed by atoms with Gasteiger partial charge in [0.25, 0.3) is 0 Å². The van der Waals surface area contributed by atoms with Crippen molar-refractivity contribution in [3.05, 3.63) is 17.5 Å². The van der Waals surface area contributed by atoms with E-state index in [2.05, 4.69) is 36.1 Å². The summed E-state index contributed by atoms with van der Waals surface area (Å²) in [4.78, 5) is 8.54. The Morgan fingerprint density at radius 1 is 1.41 bits per heavy atom. The van der Waals surface area contributed by atoms with Crippen LogP contribution in [0.3, 0.4) is 0 Å². The van der Waals surface area contributed by atoms with Crippen LogP contribution in [0.4, 0.5) is 0 Å². The molecule has 0 saturated carbocycles. The molecule has 0 aliphatic rings. The van der Waals surface area contributed by atoms with Crippen molar-refractivity contribution >= 4 is 0 Å². The Kier molecular flexibility index (Phi) is 5.91. The van der Waals surface area contributed by atoms with Crippen LogP contribution in [0.25, 0.3) is 0 Å². The molecule has 96 valence electrons. The summed E-state index contributed by atoms with van der Waals surface area (Å²) in [5.41, 5.74) is 2.12. The molecule has 17 heavy (non-hydrogen) atoms. The second kappa shape index (κ2) is 7.22. The van der Waals surface area contributed by atoms with Gasteiger partial charge in [-0.25, -0.2) is 9.97 Å². The zero-order valence-corrected chi connectivity index (χ0v) is 11.3. The van der Waals surface area contributed by atoms with Crippen molar-refractivity contribution in [2.75, 3.05) is 13.2 Å². The SMILES string of the molecule is CCCOc1ncc(CNCC(C)C)c(C)n1. The summed E-state index contributed by atoms with van der Waals surface area (Å²) in [5.74, 6) is 0.656. The molecule has 0 bridgehead atoms. The Morgan fingerprint density at radius 2 is 2.18 bits per heavy atom. The van der Waals surface area contributed by atoms with Crippen LogP contribution >= 0.6 is 0 Å². The van der Waals surface area contributed by atoms with Gasteiger partial charge in [-0.15, -0.1) is 0 Å².